The largest absolute Gasteiger partial charge is 0.333 e. The molecule has 0 spiro atoms. The van der Waals surface area contributed by atoms with E-state index in [0.717, 1.165) is 39.3 Å². The van der Waals surface area contributed by atoms with Gasteiger partial charge in [0.25, 0.3) is 0 Å². The smallest absolute Gasteiger partial charge is 0.0629 e. The molecule has 2 aliphatic rings. The van der Waals surface area contributed by atoms with Gasteiger partial charge in [0, 0.05) is 34.1 Å². The molecule has 2 atom stereocenters. The van der Waals surface area contributed by atoms with Crippen LogP contribution in [0.15, 0.2) is 267 Å². The van der Waals surface area contributed by atoms with Crippen LogP contribution in [0.5, 0.6) is 0 Å². The van der Waals surface area contributed by atoms with E-state index in [1.54, 1.807) is 0 Å². The van der Waals surface area contributed by atoms with Crippen molar-refractivity contribution in [3.63, 3.8) is 0 Å². The summed E-state index contributed by atoms with van der Waals surface area (Å²) in [6.07, 6.45) is 9.06. The average molecular weight is 843 g/mol. The van der Waals surface area contributed by atoms with Gasteiger partial charge >= 0.3 is 0 Å². The SMILES string of the molecule is C1=CC2c3ccccc3N(c3ccc(-c4ccccc4N(c4ccc(-c5ccccc5)c(-c5cccc6ccccc56)c4)c4ccc(-c5ccccc5)cc4-c4ccccc4)cc3)C2C=C1. The first-order chi connectivity index (χ1) is 32.8. The summed E-state index contributed by atoms with van der Waals surface area (Å²) in [5.74, 6) is 0.333. The topological polar surface area (TPSA) is 6.48 Å². The number of hydrogen-bond donors (Lipinski definition) is 0. The van der Waals surface area contributed by atoms with Crippen LogP contribution in [0.25, 0.3) is 66.4 Å². The number of hydrogen-bond acceptors (Lipinski definition) is 2. The Morgan fingerprint density at radius 3 is 1.74 bits per heavy atom. The van der Waals surface area contributed by atoms with E-state index < -0.39 is 0 Å². The molecule has 10 aromatic rings. The number of anilines is 5. The zero-order chi connectivity index (χ0) is 43.8. The molecule has 0 saturated carbocycles. The second-order valence-electron chi connectivity index (χ2n) is 17.2. The Kier molecular flexibility index (Phi) is 10.0. The minimum atomic E-state index is 0.242. The lowest BCUT2D eigenvalue weighted by Crippen LogP contribution is -2.28. The van der Waals surface area contributed by atoms with E-state index in [1.165, 1.54) is 61.1 Å². The molecule has 12 rings (SSSR count). The Labute approximate surface area is 387 Å². The quantitative estimate of drug-likeness (QED) is 0.143. The second-order valence-corrected chi connectivity index (χ2v) is 17.2. The third-order valence-corrected chi connectivity index (χ3v) is 13.4. The van der Waals surface area contributed by atoms with Gasteiger partial charge in [-0.15, -0.1) is 0 Å². The highest BCUT2D eigenvalue weighted by Gasteiger charge is 2.37. The number of fused-ring (bicyclic) bond motifs is 4. The van der Waals surface area contributed by atoms with Crippen molar-refractivity contribution in [3.8, 4) is 55.6 Å². The summed E-state index contributed by atoms with van der Waals surface area (Å²) >= 11 is 0. The van der Waals surface area contributed by atoms with Crippen LogP contribution in [-0.4, -0.2) is 6.04 Å². The van der Waals surface area contributed by atoms with Crippen LogP contribution in [0, 0.1) is 0 Å². The van der Waals surface area contributed by atoms with E-state index in [1.807, 2.05) is 0 Å². The molecule has 0 aromatic heterocycles. The molecule has 0 fully saturated rings. The van der Waals surface area contributed by atoms with Crippen LogP contribution in [-0.2, 0) is 0 Å². The molecule has 0 N–H and O–H groups in total. The molecule has 1 aliphatic carbocycles. The number of benzene rings is 10. The highest BCUT2D eigenvalue weighted by atomic mass is 15.2. The fourth-order valence-electron chi connectivity index (χ4n) is 10.3. The Balaban J connectivity index is 1.07. The molecule has 2 heteroatoms. The standard InChI is InChI=1S/C64H46N2/c1-4-19-45(20-5-1)50-37-42-64(59(43-50)48-23-8-3-9-24-48)66(52-40-41-54(46-21-6-2-7-22-46)60(44-52)56-31-18-26-47-25-10-11-27-53(47)56)61-32-15-12-28-55(61)49-35-38-51(39-36-49)65-62-33-16-13-29-57(62)58-30-14-17-34-63(58)65/h1-44,57,62H. The molecule has 2 nitrogen and oxygen atoms in total. The molecule has 2 unspecified atom stereocenters. The van der Waals surface area contributed by atoms with Crippen LogP contribution in [0.3, 0.4) is 0 Å². The number of para-hydroxylation sites is 2. The predicted molar refractivity (Wildman–Crippen MR) is 279 cm³/mol. The summed E-state index contributed by atoms with van der Waals surface area (Å²) < 4.78 is 0. The van der Waals surface area contributed by atoms with Gasteiger partial charge < -0.3 is 9.80 Å². The van der Waals surface area contributed by atoms with Gasteiger partial charge in [-0.25, -0.2) is 0 Å². The molecule has 0 saturated heterocycles. The van der Waals surface area contributed by atoms with E-state index in [-0.39, 0.29) is 6.04 Å². The molecular formula is C64H46N2. The molecule has 0 amide bonds. The molecular weight excluding hydrogens is 797 g/mol. The highest BCUT2D eigenvalue weighted by molar-refractivity contribution is 6.03. The van der Waals surface area contributed by atoms with Crippen LogP contribution in [0.1, 0.15) is 11.5 Å². The maximum atomic E-state index is 2.51. The van der Waals surface area contributed by atoms with Gasteiger partial charge in [-0.3, -0.25) is 0 Å². The van der Waals surface area contributed by atoms with Crippen LogP contribution < -0.4 is 9.80 Å². The van der Waals surface area contributed by atoms with Crippen LogP contribution >= 0.6 is 0 Å². The van der Waals surface area contributed by atoms with Gasteiger partial charge in [-0.1, -0.05) is 218 Å². The summed E-state index contributed by atoms with van der Waals surface area (Å²) in [5, 5.41) is 2.45. The fourth-order valence-corrected chi connectivity index (χ4v) is 10.3. The van der Waals surface area contributed by atoms with Crippen molar-refractivity contribution in [1.82, 2.24) is 0 Å². The van der Waals surface area contributed by atoms with Gasteiger partial charge in [0.05, 0.1) is 17.4 Å². The maximum absolute atomic E-state index is 2.51. The van der Waals surface area contributed by atoms with Crippen molar-refractivity contribution in [1.29, 1.82) is 0 Å². The van der Waals surface area contributed by atoms with Crippen molar-refractivity contribution in [3.05, 3.63) is 273 Å². The van der Waals surface area contributed by atoms with Crippen molar-refractivity contribution in [2.75, 3.05) is 9.80 Å². The van der Waals surface area contributed by atoms with Gasteiger partial charge in [0.1, 0.15) is 0 Å². The van der Waals surface area contributed by atoms with Crippen molar-refractivity contribution < 1.29 is 0 Å². The minimum absolute atomic E-state index is 0.242. The van der Waals surface area contributed by atoms with Crippen molar-refractivity contribution in [2.45, 2.75) is 12.0 Å². The third kappa shape index (κ3) is 7.01. The number of nitrogens with zero attached hydrogens (tertiary/aromatic N) is 2. The van der Waals surface area contributed by atoms with Gasteiger partial charge in [0.15, 0.2) is 0 Å². The normalized spacial score (nSPS) is 14.8. The molecule has 1 heterocycles. The highest BCUT2D eigenvalue weighted by Crippen LogP contribution is 2.50. The molecule has 0 bridgehead atoms. The Hall–Kier alpha value is -8.46. The first-order valence-corrected chi connectivity index (χ1v) is 22.9. The van der Waals surface area contributed by atoms with E-state index in [4.69, 9.17) is 0 Å². The number of rotatable bonds is 9. The Morgan fingerprint density at radius 2 is 0.939 bits per heavy atom. The summed E-state index contributed by atoms with van der Waals surface area (Å²) in [5.41, 5.74) is 18.8. The second kappa shape index (κ2) is 16.9. The molecule has 1 aliphatic heterocycles. The predicted octanol–water partition coefficient (Wildman–Crippen LogP) is 17.4. The van der Waals surface area contributed by atoms with Gasteiger partial charge in [-0.2, -0.15) is 0 Å². The van der Waals surface area contributed by atoms with E-state index >= 15 is 0 Å². The fraction of sp³-hybridized carbons (Fsp3) is 0.0312. The third-order valence-electron chi connectivity index (χ3n) is 13.4. The van der Waals surface area contributed by atoms with Gasteiger partial charge in [0.2, 0.25) is 0 Å². The number of allylic oxidation sites excluding steroid dienone is 2. The Bertz CT molecular complexity index is 3420. The molecule has 66 heavy (non-hydrogen) atoms. The van der Waals surface area contributed by atoms with Crippen LogP contribution in [0.4, 0.5) is 28.4 Å². The summed E-state index contributed by atoms with van der Waals surface area (Å²) in [6, 6.07) is 89.0. The summed E-state index contributed by atoms with van der Waals surface area (Å²) in [4.78, 5) is 5.00. The van der Waals surface area contributed by atoms with Crippen LogP contribution in [0.2, 0.25) is 0 Å². The zero-order valence-corrected chi connectivity index (χ0v) is 36.5. The minimum Gasteiger partial charge on any atom is -0.333 e. The monoisotopic (exact) mass is 842 g/mol. The lowest BCUT2D eigenvalue weighted by atomic mass is 9.90. The lowest BCUT2D eigenvalue weighted by molar-refractivity contribution is 0.745. The zero-order valence-electron chi connectivity index (χ0n) is 36.5. The summed E-state index contributed by atoms with van der Waals surface area (Å²) in [6.45, 7) is 0. The Morgan fingerprint density at radius 1 is 0.348 bits per heavy atom. The molecule has 10 aromatic carbocycles. The average Bonchev–Trinajstić information content (AvgIpc) is 3.74. The van der Waals surface area contributed by atoms with Gasteiger partial charge in [-0.05, 0) is 109 Å². The molecule has 0 radical (unpaired) electrons. The first-order valence-electron chi connectivity index (χ1n) is 22.9. The van der Waals surface area contributed by atoms with Crippen molar-refractivity contribution in [2.24, 2.45) is 0 Å². The van der Waals surface area contributed by atoms with Crippen molar-refractivity contribution >= 4 is 39.2 Å². The lowest BCUT2D eigenvalue weighted by Gasteiger charge is -2.31. The molecule has 312 valence electrons. The first kappa shape index (κ1) is 39.2. The van der Waals surface area contributed by atoms with E-state index in [0.29, 0.717) is 5.92 Å². The maximum Gasteiger partial charge on any atom is 0.0629 e. The van der Waals surface area contributed by atoms with E-state index in [2.05, 4.69) is 277 Å². The van der Waals surface area contributed by atoms with E-state index in [9.17, 15) is 0 Å². The summed E-state index contributed by atoms with van der Waals surface area (Å²) in [7, 11) is 0.